The second kappa shape index (κ2) is 3.58. The first kappa shape index (κ1) is 9.74. The summed E-state index contributed by atoms with van der Waals surface area (Å²) in [4.78, 5) is 10.6. The molecule has 0 spiro atoms. The molecule has 0 heterocycles. The maximum absolute atomic E-state index is 10.6. The lowest BCUT2D eigenvalue weighted by atomic mass is 10.0. The summed E-state index contributed by atoms with van der Waals surface area (Å²) >= 11 is 0. The predicted molar refractivity (Wildman–Crippen MR) is 48.8 cm³/mol. The molecule has 0 saturated heterocycles. The van der Waals surface area contributed by atoms with Crippen molar-refractivity contribution in [1.82, 2.24) is 0 Å². The largest absolute Gasteiger partial charge is 0.478 e. The highest BCUT2D eigenvalue weighted by Gasteiger charge is 2.08. The van der Waals surface area contributed by atoms with E-state index in [1.807, 2.05) is 0 Å². The van der Waals surface area contributed by atoms with E-state index >= 15 is 0 Å². The van der Waals surface area contributed by atoms with Crippen LogP contribution in [0.15, 0.2) is 18.2 Å². The maximum Gasteiger partial charge on any atom is 0.335 e. The second-order valence-electron chi connectivity index (χ2n) is 3.06. The number of aromatic carboxylic acids is 1. The molecule has 13 heavy (non-hydrogen) atoms. The van der Waals surface area contributed by atoms with Gasteiger partial charge in [0.25, 0.3) is 0 Å². The molecule has 0 fully saturated rings. The lowest BCUT2D eigenvalue weighted by Crippen LogP contribution is -2.01. The Morgan fingerprint density at radius 2 is 2.08 bits per heavy atom. The van der Waals surface area contributed by atoms with Crippen LogP contribution in [0.5, 0.6) is 0 Å². The van der Waals surface area contributed by atoms with Crippen LogP contribution in [0.25, 0.3) is 0 Å². The first-order valence-electron chi connectivity index (χ1n) is 4.04. The van der Waals surface area contributed by atoms with Crippen molar-refractivity contribution in [2.45, 2.75) is 20.0 Å². The Morgan fingerprint density at radius 3 is 2.46 bits per heavy atom. The summed E-state index contributed by atoms with van der Waals surface area (Å²) in [6.45, 7) is 3.37. The summed E-state index contributed by atoms with van der Waals surface area (Å²) in [5.41, 5.74) is 1.69. The van der Waals surface area contributed by atoms with Gasteiger partial charge >= 0.3 is 5.97 Å². The molecule has 0 saturated carbocycles. The van der Waals surface area contributed by atoms with E-state index < -0.39 is 12.1 Å². The molecule has 0 aliphatic rings. The molecular weight excluding hydrogens is 168 g/mol. The van der Waals surface area contributed by atoms with Crippen LogP contribution in [0.2, 0.25) is 0 Å². The lowest BCUT2D eigenvalue weighted by Gasteiger charge is -2.07. The summed E-state index contributed by atoms with van der Waals surface area (Å²) in [5.74, 6) is -0.936. The van der Waals surface area contributed by atoms with E-state index in [1.165, 1.54) is 6.07 Å². The maximum atomic E-state index is 10.6. The highest BCUT2D eigenvalue weighted by atomic mass is 16.4. The van der Waals surface area contributed by atoms with E-state index in [2.05, 4.69) is 0 Å². The number of hydrogen-bond acceptors (Lipinski definition) is 2. The molecule has 0 aliphatic carbocycles. The van der Waals surface area contributed by atoms with E-state index in [4.69, 9.17) is 5.11 Å². The lowest BCUT2D eigenvalue weighted by molar-refractivity contribution is 0.0696. The SMILES string of the molecule is Cc1cc(C(C)O)ccc1C(=O)O. The predicted octanol–water partition coefficient (Wildman–Crippen LogP) is 1.75. The number of hydrogen-bond donors (Lipinski definition) is 2. The van der Waals surface area contributed by atoms with Gasteiger partial charge in [-0.05, 0) is 31.0 Å². The Morgan fingerprint density at radius 1 is 1.46 bits per heavy atom. The molecule has 1 atom stereocenters. The van der Waals surface area contributed by atoms with Gasteiger partial charge < -0.3 is 10.2 Å². The van der Waals surface area contributed by atoms with E-state index in [1.54, 1.807) is 26.0 Å². The number of carboxylic acid groups (broad SMARTS) is 1. The summed E-state index contributed by atoms with van der Waals surface area (Å²) in [6, 6.07) is 4.83. The van der Waals surface area contributed by atoms with Crippen molar-refractivity contribution in [3.8, 4) is 0 Å². The molecule has 3 heteroatoms. The van der Waals surface area contributed by atoms with Gasteiger partial charge in [0.1, 0.15) is 0 Å². The molecule has 0 aliphatic heterocycles. The van der Waals surface area contributed by atoms with Gasteiger partial charge in [-0.3, -0.25) is 0 Å². The first-order chi connectivity index (χ1) is 6.02. The van der Waals surface area contributed by atoms with Gasteiger partial charge in [0.15, 0.2) is 0 Å². The fourth-order valence-electron chi connectivity index (χ4n) is 1.19. The smallest absolute Gasteiger partial charge is 0.335 e. The van der Waals surface area contributed by atoms with Gasteiger partial charge in [0, 0.05) is 0 Å². The van der Waals surface area contributed by atoms with Crippen molar-refractivity contribution < 1.29 is 15.0 Å². The Labute approximate surface area is 76.6 Å². The Hall–Kier alpha value is -1.35. The van der Waals surface area contributed by atoms with Crippen LogP contribution >= 0.6 is 0 Å². The molecular formula is C10H12O3. The van der Waals surface area contributed by atoms with Gasteiger partial charge in [-0.1, -0.05) is 12.1 Å². The summed E-state index contributed by atoms with van der Waals surface area (Å²) < 4.78 is 0. The number of aliphatic hydroxyl groups excluding tert-OH is 1. The van der Waals surface area contributed by atoms with Gasteiger partial charge in [0.2, 0.25) is 0 Å². The van der Waals surface area contributed by atoms with E-state index in [0.717, 1.165) is 5.56 Å². The Bertz CT molecular complexity index is 329. The van der Waals surface area contributed by atoms with Gasteiger partial charge in [-0.2, -0.15) is 0 Å². The van der Waals surface area contributed by atoms with E-state index in [-0.39, 0.29) is 5.56 Å². The third-order valence-electron chi connectivity index (χ3n) is 1.96. The minimum absolute atomic E-state index is 0.282. The van der Waals surface area contributed by atoms with Gasteiger partial charge in [0.05, 0.1) is 11.7 Å². The van der Waals surface area contributed by atoms with Crippen molar-refractivity contribution >= 4 is 5.97 Å². The molecule has 0 amide bonds. The quantitative estimate of drug-likeness (QED) is 0.728. The van der Waals surface area contributed by atoms with Gasteiger partial charge in [-0.15, -0.1) is 0 Å². The molecule has 0 aromatic heterocycles. The monoisotopic (exact) mass is 180 g/mol. The third-order valence-corrected chi connectivity index (χ3v) is 1.96. The molecule has 1 unspecified atom stereocenters. The molecule has 0 radical (unpaired) electrons. The van der Waals surface area contributed by atoms with E-state index in [0.29, 0.717) is 5.56 Å². The second-order valence-corrected chi connectivity index (χ2v) is 3.06. The molecule has 70 valence electrons. The highest BCUT2D eigenvalue weighted by Crippen LogP contribution is 2.16. The zero-order chi connectivity index (χ0) is 10.0. The number of aryl methyl sites for hydroxylation is 1. The van der Waals surface area contributed by atoms with Crippen LogP contribution in [0, 0.1) is 6.92 Å². The average Bonchev–Trinajstić information content (AvgIpc) is 2.03. The number of rotatable bonds is 2. The third kappa shape index (κ3) is 2.06. The Kier molecular flexibility index (Phi) is 2.68. The Balaban J connectivity index is 3.13. The summed E-state index contributed by atoms with van der Waals surface area (Å²) in [5, 5.41) is 18.0. The first-order valence-corrected chi connectivity index (χ1v) is 4.04. The molecule has 1 rings (SSSR count). The van der Waals surface area contributed by atoms with E-state index in [9.17, 15) is 9.90 Å². The van der Waals surface area contributed by atoms with Crippen molar-refractivity contribution in [2.75, 3.05) is 0 Å². The topological polar surface area (TPSA) is 57.5 Å². The van der Waals surface area contributed by atoms with Crippen LogP contribution in [-0.4, -0.2) is 16.2 Å². The standard InChI is InChI=1S/C10H12O3/c1-6-5-8(7(2)11)3-4-9(6)10(12)13/h3-5,7,11H,1-2H3,(H,12,13). The van der Waals surface area contributed by atoms with Crippen LogP contribution in [0.3, 0.4) is 0 Å². The van der Waals surface area contributed by atoms with Crippen LogP contribution < -0.4 is 0 Å². The highest BCUT2D eigenvalue weighted by molar-refractivity contribution is 5.89. The fraction of sp³-hybridized carbons (Fsp3) is 0.300. The van der Waals surface area contributed by atoms with Crippen molar-refractivity contribution in [3.05, 3.63) is 34.9 Å². The van der Waals surface area contributed by atoms with Crippen molar-refractivity contribution in [2.24, 2.45) is 0 Å². The molecule has 3 nitrogen and oxygen atoms in total. The minimum Gasteiger partial charge on any atom is -0.478 e. The normalized spacial score (nSPS) is 12.5. The summed E-state index contributed by atoms with van der Waals surface area (Å²) in [6.07, 6.45) is -0.554. The molecule has 2 N–H and O–H groups in total. The minimum atomic E-state index is -0.936. The van der Waals surface area contributed by atoms with Crippen molar-refractivity contribution in [1.29, 1.82) is 0 Å². The molecule has 1 aromatic carbocycles. The average molecular weight is 180 g/mol. The molecule has 1 aromatic rings. The number of aliphatic hydroxyl groups is 1. The zero-order valence-corrected chi connectivity index (χ0v) is 7.61. The van der Waals surface area contributed by atoms with Crippen LogP contribution in [0.1, 0.15) is 34.5 Å². The molecule has 0 bridgehead atoms. The zero-order valence-electron chi connectivity index (χ0n) is 7.61. The number of carbonyl (C=O) groups is 1. The van der Waals surface area contributed by atoms with Crippen molar-refractivity contribution in [3.63, 3.8) is 0 Å². The van der Waals surface area contributed by atoms with Gasteiger partial charge in [-0.25, -0.2) is 4.79 Å². The van der Waals surface area contributed by atoms with Crippen LogP contribution in [-0.2, 0) is 0 Å². The van der Waals surface area contributed by atoms with Crippen LogP contribution in [0.4, 0.5) is 0 Å². The summed E-state index contributed by atoms with van der Waals surface area (Å²) in [7, 11) is 0. The number of benzene rings is 1. The fourth-order valence-corrected chi connectivity index (χ4v) is 1.19. The number of carboxylic acids is 1.